The van der Waals surface area contributed by atoms with E-state index in [0.717, 1.165) is 23.5 Å². The van der Waals surface area contributed by atoms with Crippen LogP contribution in [0.2, 0.25) is 5.15 Å². The number of aromatic nitrogens is 2. The van der Waals surface area contributed by atoms with Crippen molar-refractivity contribution in [1.82, 2.24) is 9.97 Å². The molecule has 0 N–H and O–H groups in total. The van der Waals surface area contributed by atoms with Gasteiger partial charge >= 0.3 is 0 Å². The summed E-state index contributed by atoms with van der Waals surface area (Å²) in [5.41, 5.74) is 5.76. The lowest BCUT2D eigenvalue weighted by Crippen LogP contribution is -1.97. The molecule has 0 atom stereocenters. The Labute approximate surface area is 113 Å². The van der Waals surface area contributed by atoms with Gasteiger partial charge in [0.25, 0.3) is 0 Å². The molecule has 0 saturated heterocycles. The topological polar surface area (TPSA) is 25.8 Å². The third-order valence-corrected chi connectivity index (χ3v) is 3.39. The van der Waals surface area contributed by atoms with Gasteiger partial charge in [-0.25, -0.2) is 9.97 Å². The van der Waals surface area contributed by atoms with E-state index in [9.17, 15) is 0 Å². The average molecular weight is 261 g/mol. The highest BCUT2D eigenvalue weighted by Gasteiger charge is 2.09. The van der Waals surface area contributed by atoms with E-state index in [1.807, 2.05) is 6.07 Å². The minimum absolute atomic E-state index is 0.509. The Hall–Kier alpha value is -1.41. The van der Waals surface area contributed by atoms with Crippen molar-refractivity contribution in [3.8, 4) is 11.4 Å². The summed E-state index contributed by atoms with van der Waals surface area (Å²) in [6.45, 7) is 8.36. The van der Waals surface area contributed by atoms with Crippen LogP contribution >= 0.6 is 11.6 Å². The van der Waals surface area contributed by atoms with Gasteiger partial charge in [0.1, 0.15) is 5.15 Å². The zero-order chi connectivity index (χ0) is 13.3. The van der Waals surface area contributed by atoms with Gasteiger partial charge in [-0.05, 0) is 56.0 Å². The number of aryl methyl sites for hydroxylation is 4. The van der Waals surface area contributed by atoms with Crippen LogP contribution in [0, 0.1) is 20.8 Å². The molecule has 0 spiro atoms. The van der Waals surface area contributed by atoms with Crippen molar-refractivity contribution in [1.29, 1.82) is 0 Å². The summed E-state index contributed by atoms with van der Waals surface area (Å²) in [5, 5.41) is 0.509. The van der Waals surface area contributed by atoms with E-state index in [4.69, 9.17) is 11.6 Å². The van der Waals surface area contributed by atoms with Crippen LogP contribution in [0.5, 0.6) is 0 Å². The van der Waals surface area contributed by atoms with Crippen LogP contribution in [0.1, 0.15) is 29.3 Å². The Morgan fingerprint density at radius 2 is 1.61 bits per heavy atom. The van der Waals surface area contributed by atoms with Crippen molar-refractivity contribution >= 4 is 11.6 Å². The van der Waals surface area contributed by atoms with Gasteiger partial charge in [-0.15, -0.1) is 0 Å². The molecule has 94 valence electrons. The number of benzene rings is 1. The van der Waals surface area contributed by atoms with Crippen LogP contribution in [-0.2, 0) is 6.42 Å². The van der Waals surface area contributed by atoms with Gasteiger partial charge in [0.05, 0.1) is 0 Å². The molecule has 0 unspecified atom stereocenters. The van der Waals surface area contributed by atoms with E-state index >= 15 is 0 Å². The van der Waals surface area contributed by atoms with E-state index in [0.29, 0.717) is 5.15 Å². The van der Waals surface area contributed by atoms with Gasteiger partial charge in [-0.3, -0.25) is 0 Å². The summed E-state index contributed by atoms with van der Waals surface area (Å²) in [7, 11) is 0. The number of hydrogen-bond donors (Lipinski definition) is 0. The molecule has 2 nitrogen and oxygen atoms in total. The van der Waals surface area contributed by atoms with E-state index in [1.54, 1.807) is 0 Å². The van der Waals surface area contributed by atoms with Crippen LogP contribution in [0.4, 0.5) is 0 Å². The van der Waals surface area contributed by atoms with Crippen LogP contribution in [0.3, 0.4) is 0 Å². The fourth-order valence-electron chi connectivity index (χ4n) is 1.97. The Kier molecular flexibility index (Phi) is 3.67. The average Bonchev–Trinajstić information content (AvgIpc) is 2.33. The van der Waals surface area contributed by atoms with Gasteiger partial charge < -0.3 is 0 Å². The molecule has 0 bridgehead atoms. The van der Waals surface area contributed by atoms with E-state index in [2.05, 4.69) is 49.8 Å². The lowest BCUT2D eigenvalue weighted by atomic mass is 10.0. The molecule has 1 aromatic carbocycles. The molecule has 3 heteroatoms. The third kappa shape index (κ3) is 2.54. The van der Waals surface area contributed by atoms with Crippen LogP contribution in [-0.4, -0.2) is 9.97 Å². The molecule has 1 heterocycles. The first-order valence-electron chi connectivity index (χ1n) is 6.13. The quantitative estimate of drug-likeness (QED) is 0.753. The Morgan fingerprint density at radius 1 is 0.944 bits per heavy atom. The van der Waals surface area contributed by atoms with E-state index in [-0.39, 0.29) is 0 Å². The molecule has 0 amide bonds. The van der Waals surface area contributed by atoms with Crippen molar-refractivity contribution in [2.45, 2.75) is 34.1 Å². The van der Waals surface area contributed by atoms with Crippen LogP contribution in [0.15, 0.2) is 18.2 Å². The van der Waals surface area contributed by atoms with Crippen molar-refractivity contribution in [2.75, 3.05) is 0 Å². The van der Waals surface area contributed by atoms with Gasteiger partial charge in [0, 0.05) is 11.3 Å². The van der Waals surface area contributed by atoms with Crippen molar-refractivity contribution in [2.24, 2.45) is 0 Å². The second-order valence-corrected chi connectivity index (χ2v) is 5.00. The minimum Gasteiger partial charge on any atom is -0.233 e. The van der Waals surface area contributed by atoms with E-state index < -0.39 is 0 Å². The Morgan fingerprint density at radius 3 is 2.28 bits per heavy atom. The second-order valence-electron chi connectivity index (χ2n) is 4.61. The highest BCUT2D eigenvalue weighted by molar-refractivity contribution is 6.29. The smallest absolute Gasteiger partial charge is 0.161 e. The van der Waals surface area contributed by atoms with Crippen LogP contribution in [0.25, 0.3) is 11.4 Å². The normalized spacial score (nSPS) is 10.7. The first kappa shape index (κ1) is 13.0. The predicted molar refractivity (Wildman–Crippen MR) is 76.1 cm³/mol. The van der Waals surface area contributed by atoms with Crippen molar-refractivity contribution in [3.05, 3.63) is 45.7 Å². The molecule has 18 heavy (non-hydrogen) atoms. The number of nitrogens with zero attached hydrogens (tertiary/aromatic N) is 2. The number of halogens is 1. The summed E-state index contributed by atoms with van der Waals surface area (Å²) in [6, 6.07) is 6.12. The van der Waals surface area contributed by atoms with Gasteiger partial charge in [0.15, 0.2) is 5.82 Å². The third-order valence-electron chi connectivity index (χ3n) is 3.19. The predicted octanol–water partition coefficient (Wildman–Crippen LogP) is 4.28. The highest BCUT2D eigenvalue weighted by Crippen LogP contribution is 2.25. The maximum atomic E-state index is 6.05. The minimum atomic E-state index is 0.509. The largest absolute Gasteiger partial charge is 0.233 e. The van der Waals surface area contributed by atoms with Crippen molar-refractivity contribution < 1.29 is 0 Å². The lowest BCUT2D eigenvalue weighted by molar-refractivity contribution is 1.00. The molecule has 2 aromatic rings. The molecule has 0 aliphatic rings. The summed E-state index contributed by atoms with van der Waals surface area (Å²) < 4.78 is 0. The van der Waals surface area contributed by atoms with E-state index in [1.165, 1.54) is 16.7 Å². The fourth-order valence-corrected chi connectivity index (χ4v) is 2.17. The summed E-state index contributed by atoms with van der Waals surface area (Å²) in [5.74, 6) is 0.722. The molecule has 0 aliphatic carbocycles. The lowest BCUT2D eigenvalue weighted by Gasteiger charge is -2.10. The van der Waals surface area contributed by atoms with Gasteiger partial charge in [-0.2, -0.15) is 0 Å². The molecule has 0 saturated carbocycles. The van der Waals surface area contributed by atoms with Crippen LogP contribution < -0.4 is 0 Å². The highest BCUT2D eigenvalue weighted by atomic mass is 35.5. The molecule has 0 fully saturated rings. The number of hydrogen-bond acceptors (Lipinski definition) is 2. The van der Waals surface area contributed by atoms with Gasteiger partial charge in [0.2, 0.25) is 0 Å². The summed E-state index contributed by atoms with van der Waals surface area (Å²) in [6.07, 6.45) is 0.860. The standard InChI is InChI=1S/C15H17ClN2/c1-5-12-8-14(16)18-15(17-12)13-7-10(3)9(2)6-11(13)4/h6-8H,5H2,1-4H3. The SMILES string of the molecule is CCc1cc(Cl)nc(-c2cc(C)c(C)cc2C)n1. The maximum absolute atomic E-state index is 6.05. The Bertz CT molecular complexity index is 591. The zero-order valence-electron chi connectivity index (χ0n) is 11.2. The molecular formula is C15H17ClN2. The molecule has 2 rings (SSSR count). The fraction of sp³-hybridized carbons (Fsp3) is 0.333. The zero-order valence-corrected chi connectivity index (χ0v) is 12.0. The van der Waals surface area contributed by atoms with Crippen molar-refractivity contribution in [3.63, 3.8) is 0 Å². The first-order valence-corrected chi connectivity index (χ1v) is 6.50. The second kappa shape index (κ2) is 5.07. The molecule has 1 aromatic heterocycles. The first-order chi connectivity index (χ1) is 8.51. The number of rotatable bonds is 2. The molecule has 0 radical (unpaired) electrons. The Balaban J connectivity index is 2.61. The monoisotopic (exact) mass is 260 g/mol. The molecule has 0 aliphatic heterocycles. The summed E-state index contributed by atoms with van der Waals surface area (Å²) >= 11 is 6.05. The maximum Gasteiger partial charge on any atom is 0.161 e. The van der Waals surface area contributed by atoms with Gasteiger partial charge in [-0.1, -0.05) is 24.6 Å². The molecular weight excluding hydrogens is 244 g/mol. The summed E-state index contributed by atoms with van der Waals surface area (Å²) in [4.78, 5) is 8.90.